The molecule has 3 saturated heterocycles. The van der Waals surface area contributed by atoms with E-state index in [9.17, 15) is 4.79 Å². The van der Waals surface area contributed by atoms with E-state index in [-0.39, 0.29) is 6.03 Å². The molecule has 2 amide bonds. The van der Waals surface area contributed by atoms with Gasteiger partial charge in [0.1, 0.15) is 5.82 Å². The van der Waals surface area contributed by atoms with Crippen LogP contribution in [0.4, 0.5) is 27.9 Å². The number of amides is 2. The third-order valence-corrected chi connectivity index (χ3v) is 10.4. The molecule has 1 aromatic heterocycles. The van der Waals surface area contributed by atoms with Crippen LogP contribution in [-0.4, -0.2) is 77.2 Å². The number of piperidine rings is 2. The lowest BCUT2D eigenvalue weighted by Gasteiger charge is -2.43. The number of nitrogens with zero attached hydrogens (tertiary/aromatic N) is 6. The summed E-state index contributed by atoms with van der Waals surface area (Å²) < 4.78 is 0. The van der Waals surface area contributed by atoms with Crippen LogP contribution in [0.1, 0.15) is 51.4 Å². The van der Waals surface area contributed by atoms with Gasteiger partial charge in [-0.15, -0.1) is 0 Å². The van der Waals surface area contributed by atoms with Gasteiger partial charge in [0.2, 0.25) is 5.95 Å². The molecule has 4 aliphatic heterocycles. The van der Waals surface area contributed by atoms with Crippen molar-refractivity contribution < 1.29 is 4.79 Å². The van der Waals surface area contributed by atoms with E-state index >= 15 is 0 Å². The van der Waals surface area contributed by atoms with Crippen LogP contribution in [0.15, 0.2) is 70.6 Å². The number of hydrogen-bond donors (Lipinski definition) is 1. The van der Waals surface area contributed by atoms with Crippen molar-refractivity contribution >= 4 is 40.9 Å². The van der Waals surface area contributed by atoms with Crippen molar-refractivity contribution in [1.82, 2.24) is 19.8 Å². The average Bonchev–Trinajstić information content (AvgIpc) is 3.34. The summed E-state index contributed by atoms with van der Waals surface area (Å²) >= 11 is 1.74. The first kappa shape index (κ1) is 27.5. The SMILES string of the molecule is O=C(N1CCC(N2CCCC(Nc3nccc(N4CCCCCC4)n3)C2)CC1)N1c2ccccc2Sc2ccccc21. The lowest BCUT2D eigenvalue weighted by Crippen LogP contribution is -2.53. The number of anilines is 4. The second kappa shape index (κ2) is 12.5. The third kappa shape index (κ3) is 5.81. The Hall–Kier alpha value is -3.30. The molecule has 8 nitrogen and oxygen atoms in total. The second-order valence-electron chi connectivity index (χ2n) is 12.0. The molecule has 4 aliphatic rings. The van der Waals surface area contributed by atoms with E-state index < -0.39 is 0 Å². The van der Waals surface area contributed by atoms with Gasteiger partial charge < -0.3 is 15.1 Å². The number of nitrogens with one attached hydrogen (secondary N) is 1. The Bertz CT molecular complexity index is 1340. The first-order valence-corrected chi connectivity index (χ1v) is 16.6. The molecule has 0 aliphatic carbocycles. The summed E-state index contributed by atoms with van der Waals surface area (Å²) in [6.45, 7) is 5.87. The number of rotatable bonds is 4. The van der Waals surface area contributed by atoms with E-state index in [1.54, 1.807) is 11.8 Å². The Morgan fingerprint density at radius 1 is 0.786 bits per heavy atom. The third-order valence-electron chi connectivity index (χ3n) is 9.23. The molecule has 0 bridgehead atoms. The van der Waals surface area contributed by atoms with Crippen molar-refractivity contribution in [1.29, 1.82) is 0 Å². The molecular weight excluding hydrogens is 542 g/mol. The minimum Gasteiger partial charge on any atom is -0.356 e. The fourth-order valence-corrected chi connectivity index (χ4v) is 8.07. The molecule has 0 saturated carbocycles. The Balaban J connectivity index is 0.971. The minimum atomic E-state index is 0.0910. The van der Waals surface area contributed by atoms with Crippen molar-refractivity contribution in [2.45, 2.75) is 73.2 Å². The summed E-state index contributed by atoms with van der Waals surface area (Å²) in [5.41, 5.74) is 1.97. The maximum Gasteiger partial charge on any atom is 0.329 e. The highest BCUT2D eigenvalue weighted by Crippen LogP contribution is 2.48. The van der Waals surface area contributed by atoms with E-state index in [4.69, 9.17) is 4.98 Å². The van der Waals surface area contributed by atoms with Gasteiger partial charge in [0, 0.05) is 60.8 Å². The molecule has 5 heterocycles. The number of aromatic nitrogens is 2. The summed E-state index contributed by atoms with van der Waals surface area (Å²) in [5, 5.41) is 3.67. The van der Waals surface area contributed by atoms with E-state index in [1.165, 1.54) is 32.1 Å². The fourth-order valence-electron chi connectivity index (χ4n) is 7.01. The van der Waals surface area contributed by atoms with Gasteiger partial charge in [-0.05, 0) is 75.4 Å². The van der Waals surface area contributed by atoms with Gasteiger partial charge in [-0.3, -0.25) is 9.80 Å². The maximum atomic E-state index is 14.0. The highest BCUT2D eigenvalue weighted by atomic mass is 32.2. The summed E-state index contributed by atoms with van der Waals surface area (Å²) in [6, 6.07) is 19.5. The minimum absolute atomic E-state index is 0.0910. The fraction of sp³-hybridized carbons (Fsp3) is 0.485. The average molecular weight is 584 g/mol. The molecule has 220 valence electrons. The number of para-hydroxylation sites is 2. The Kier molecular flexibility index (Phi) is 8.20. The molecule has 0 radical (unpaired) electrons. The van der Waals surface area contributed by atoms with Crippen LogP contribution in [0.25, 0.3) is 0 Å². The molecule has 1 atom stereocenters. The van der Waals surface area contributed by atoms with Crippen LogP contribution in [0.5, 0.6) is 0 Å². The monoisotopic (exact) mass is 583 g/mol. The number of likely N-dealkylation sites (tertiary alicyclic amines) is 2. The van der Waals surface area contributed by atoms with Crippen molar-refractivity contribution in [2.24, 2.45) is 0 Å². The predicted molar refractivity (Wildman–Crippen MR) is 170 cm³/mol. The number of hydrogen-bond acceptors (Lipinski definition) is 7. The number of carbonyl (C=O) groups is 1. The highest BCUT2D eigenvalue weighted by molar-refractivity contribution is 7.99. The predicted octanol–water partition coefficient (Wildman–Crippen LogP) is 6.62. The first-order valence-electron chi connectivity index (χ1n) is 15.8. The van der Waals surface area contributed by atoms with E-state index in [2.05, 4.69) is 55.3 Å². The van der Waals surface area contributed by atoms with Crippen molar-refractivity contribution in [3.8, 4) is 0 Å². The zero-order chi connectivity index (χ0) is 28.3. The number of carbonyl (C=O) groups excluding carboxylic acids is 1. The number of urea groups is 1. The molecule has 1 N–H and O–H groups in total. The number of benzene rings is 2. The molecule has 9 heteroatoms. The Morgan fingerprint density at radius 3 is 2.19 bits per heavy atom. The van der Waals surface area contributed by atoms with Crippen LogP contribution in [0.3, 0.4) is 0 Å². The van der Waals surface area contributed by atoms with Gasteiger partial charge in [-0.2, -0.15) is 4.98 Å². The normalized spacial score (nSPS) is 21.8. The molecule has 1 unspecified atom stereocenters. The molecular formula is C33H41N7OS. The zero-order valence-corrected chi connectivity index (χ0v) is 25.1. The van der Waals surface area contributed by atoms with Crippen LogP contribution in [-0.2, 0) is 0 Å². The molecule has 2 aromatic carbocycles. The summed E-state index contributed by atoms with van der Waals surface area (Å²) in [4.78, 5) is 34.8. The molecule has 42 heavy (non-hydrogen) atoms. The molecule has 7 rings (SSSR count). The van der Waals surface area contributed by atoms with Crippen LogP contribution in [0, 0.1) is 0 Å². The Labute approximate surface area is 253 Å². The van der Waals surface area contributed by atoms with E-state index in [1.807, 2.05) is 35.4 Å². The lowest BCUT2D eigenvalue weighted by molar-refractivity contribution is 0.0987. The van der Waals surface area contributed by atoms with Gasteiger partial charge in [0.05, 0.1) is 11.4 Å². The lowest BCUT2D eigenvalue weighted by atomic mass is 9.98. The van der Waals surface area contributed by atoms with Gasteiger partial charge in [-0.1, -0.05) is 48.9 Å². The topological polar surface area (TPSA) is 67.8 Å². The van der Waals surface area contributed by atoms with Crippen LogP contribution < -0.4 is 15.1 Å². The van der Waals surface area contributed by atoms with Crippen molar-refractivity contribution in [3.05, 3.63) is 60.8 Å². The zero-order valence-electron chi connectivity index (χ0n) is 24.3. The van der Waals surface area contributed by atoms with Crippen LogP contribution in [0.2, 0.25) is 0 Å². The van der Waals surface area contributed by atoms with E-state index in [0.717, 1.165) is 91.5 Å². The van der Waals surface area contributed by atoms with Gasteiger partial charge in [0.15, 0.2) is 0 Å². The summed E-state index contributed by atoms with van der Waals surface area (Å²) in [5.74, 6) is 1.81. The van der Waals surface area contributed by atoms with Gasteiger partial charge >= 0.3 is 6.03 Å². The molecule has 0 spiro atoms. The van der Waals surface area contributed by atoms with Crippen molar-refractivity contribution in [2.75, 3.05) is 54.4 Å². The summed E-state index contributed by atoms with van der Waals surface area (Å²) in [6.07, 6.45) is 11.3. The highest BCUT2D eigenvalue weighted by Gasteiger charge is 2.35. The molecule has 3 fully saturated rings. The standard InChI is InChI=1S/C33H41N7OS/c41-33(40-27-11-3-5-13-29(27)42-30-14-6-4-12-28(30)40)38-22-16-26(17-23-38)39-21-9-10-25(24-39)35-32-34-18-15-31(36-32)37-19-7-1-2-8-20-37/h3-6,11-15,18,25-26H,1-2,7-10,16-17,19-24H2,(H,34,35,36). The van der Waals surface area contributed by atoms with Gasteiger partial charge in [-0.25, -0.2) is 9.78 Å². The number of fused-ring (bicyclic) bond motifs is 2. The first-order chi connectivity index (χ1) is 20.7. The molecule has 3 aromatic rings. The van der Waals surface area contributed by atoms with Gasteiger partial charge in [0.25, 0.3) is 0 Å². The Morgan fingerprint density at radius 2 is 1.48 bits per heavy atom. The smallest absolute Gasteiger partial charge is 0.329 e. The largest absolute Gasteiger partial charge is 0.356 e. The van der Waals surface area contributed by atoms with E-state index in [0.29, 0.717) is 12.1 Å². The maximum absolute atomic E-state index is 14.0. The summed E-state index contributed by atoms with van der Waals surface area (Å²) in [7, 11) is 0. The second-order valence-corrected chi connectivity index (χ2v) is 13.1. The van der Waals surface area contributed by atoms with Crippen LogP contribution >= 0.6 is 11.8 Å². The quantitative estimate of drug-likeness (QED) is 0.370. The van der Waals surface area contributed by atoms with Crippen molar-refractivity contribution in [3.63, 3.8) is 0 Å².